The third-order valence-corrected chi connectivity index (χ3v) is 5.88. The molecule has 0 radical (unpaired) electrons. The summed E-state index contributed by atoms with van der Waals surface area (Å²) < 4.78 is 24.9. The van der Waals surface area contributed by atoms with E-state index >= 15 is 0 Å². The molecule has 2 N–H and O–H groups in total. The minimum atomic E-state index is -2.99. The Labute approximate surface area is 133 Å². The Balaban J connectivity index is 2.28. The first kappa shape index (κ1) is 18.6. The number of rotatable bonds is 9. The van der Waals surface area contributed by atoms with Crippen molar-refractivity contribution < 1.29 is 8.42 Å². The molecule has 1 heterocycles. The molecule has 1 aliphatic rings. The standard InChI is InChI=1S/C13H28N4O2S2/c1-3-14-13(15-7-4-5-11-20-2)16-8-10-17-9-6-12-21(17,18)19/h3-12H2,1-2H3,(H2,14,15,16). The van der Waals surface area contributed by atoms with Gasteiger partial charge in [-0.1, -0.05) is 0 Å². The lowest BCUT2D eigenvalue weighted by molar-refractivity contribution is 0.445. The lowest BCUT2D eigenvalue weighted by atomic mass is 10.3. The Morgan fingerprint density at radius 2 is 2.14 bits per heavy atom. The van der Waals surface area contributed by atoms with Gasteiger partial charge in [-0.05, 0) is 38.2 Å². The largest absolute Gasteiger partial charge is 0.357 e. The van der Waals surface area contributed by atoms with Gasteiger partial charge >= 0.3 is 0 Å². The minimum absolute atomic E-state index is 0.288. The van der Waals surface area contributed by atoms with E-state index in [1.54, 1.807) is 4.31 Å². The van der Waals surface area contributed by atoms with Crippen molar-refractivity contribution >= 4 is 27.7 Å². The van der Waals surface area contributed by atoms with Crippen LogP contribution in [0.4, 0.5) is 0 Å². The Kier molecular flexibility index (Phi) is 9.10. The van der Waals surface area contributed by atoms with Gasteiger partial charge in [0.25, 0.3) is 0 Å². The van der Waals surface area contributed by atoms with Gasteiger partial charge in [-0.25, -0.2) is 12.7 Å². The van der Waals surface area contributed by atoms with Gasteiger partial charge in [0, 0.05) is 32.7 Å². The molecule has 0 atom stereocenters. The minimum Gasteiger partial charge on any atom is -0.357 e. The van der Waals surface area contributed by atoms with Crippen LogP contribution in [-0.2, 0) is 10.0 Å². The molecule has 6 nitrogen and oxygen atoms in total. The molecular formula is C13H28N4O2S2. The zero-order valence-corrected chi connectivity index (χ0v) is 14.7. The summed E-state index contributed by atoms with van der Waals surface area (Å²) in [5.41, 5.74) is 0. The maximum atomic E-state index is 11.7. The number of nitrogens with zero attached hydrogens (tertiary/aromatic N) is 2. The maximum absolute atomic E-state index is 11.7. The summed E-state index contributed by atoms with van der Waals surface area (Å²) in [6.07, 6.45) is 5.11. The fourth-order valence-electron chi connectivity index (χ4n) is 2.13. The van der Waals surface area contributed by atoms with Crippen LogP contribution in [0, 0.1) is 0 Å². The third-order valence-electron chi connectivity index (χ3n) is 3.23. The quantitative estimate of drug-likeness (QED) is 0.369. The van der Waals surface area contributed by atoms with Crippen LogP contribution in [0.25, 0.3) is 0 Å². The molecule has 0 amide bonds. The van der Waals surface area contributed by atoms with Gasteiger partial charge in [0.2, 0.25) is 10.0 Å². The fourth-order valence-corrected chi connectivity index (χ4v) is 4.15. The second kappa shape index (κ2) is 10.3. The number of sulfonamides is 1. The lowest BCUT2D eigenvalue weighted by Crippen LogP contribution is -2.42. The van der Waals surface area contributed by atoms with E-state index in [2.05, 4.69) is 21.9 Å². The number of guanidine groups is 1. The molecule has 1 aliphatic heterocycles. The summed E-state index contributed by atoms with van der Waals surface area (Å²) in [5, 5.41) is 6.39. The van der Waals surface area contributed by atoms with Crippen molar-refractivity contribution in [3.8, 4) is 0 Å². The highest BCUT2D eigenvalue weighted by molar-refractivity contribution is 7.98. The zero-order chi connectivity index (χ0) is 15.6. The van der Waals surface area contributed by atoms with Crippen LogP contribution < -0.4 is 10.6 Å². The first-order valence-corrected chi connectivity index (χ1v) is 10.6. The van der Waals surface area contributed by atoms with E-state index in [0.717, 1.165) is 31.9 Å². The molecule has 0 aliphatic carbocycles. The fraction of sp³-hybridized carbons (Fsp3) is 0.923. The molecule has 0 aromatic heterocycles. The monoisotopic (exact) mass is 336 g/mol. The number of unbranched alkanes of at least 4 members (excludes halogenated alkanes) is 1. The lowest BCUT2D eigenvalue weighted by Gasteiger charge is -2.16. The summed E-state index contributed by atoms with van der Waals surface area (Å²) in [6.45, 7) is 5.38. The van der Waals surface area contributed by atoms with Crippen molar-refractivity contribution in [3.05, 3.63) is 0 Å². The summed E-state index contributed by atoms with van der Waals surface area (Å²) in [4.78, 5) is 4.50. The highest BCUT2D eigenvalue weighted by atomic mass is 32.2. The highest BCUT2D eigenvalue weighted by Crippen LogP contribution is 2.11. The first-order chi connectivity index (χ1) is 10.1. The van der Waals surface area contributed by atoms with Crippen LogP contribution in [0.1, 0.15) is 26.2 Å². The van der Waals surface area contributed by atoms with E-state index in [1.807, 2.05) is 18.7 Å². The number of hydrogen-bond donors (Lipinski definition) is 2. The molecule has 8 heteroatoms. The molecule has 1 saturated heterocycles. The predicted octanol–water partition coefficient (Wildman–Crippen LogP) is 0.720. The normalized spacial score (nSPS) is 18.9. The molecule has 1 fully saturated rings. The topological polar surface area (TPSA) is 73.8 Å². The van der Waals surface area contributed by atoms with Crippen LogP contribution in [0.2, 0.25) is 0 Å². The molecule has 1 rings (SSSR count). The number of nitrogens with one attached hydrogen (secondary N) is 2. The predicted molar refractivity (Wildman–Crippen MR) is 91.6 cm³/mol. The van der Waals surface area contributed by atoms with Crippen LogP contribution in [-0.4, -0.2) is 69.2 Å². The second-order valence-corrected chi connectivity index (χ2v) is 8.03. The van der Waals surface area contributed by atoms with E-state index in [4.69, 9.17) is 0 Å². The van der Waals surface area contributed by atoms with Gasteiger partial charge in [0.1, 0.15) is 0 Å². The van der Waals surface area contributed by atoms with Crippen molar-refractivity contribution in [1.29, 1.82) is 0 Å². The van der Waals surface area contributed by atoms with Gasteiger partial charge in [-0.15, -0.1) is 0 Å². The van der Waals surface area contributed by atoms with E-state index < -0.39 is 10.0 Å². The maximum Gasteiger partial charge on any atom is 0.214 e. The molecule has 0 aromatic carbocycles. The summed E-state index contributed by atoms with van der Waals surface area (Å²) in [5.74, 6) is 2.24. The molecule has 0 unspecified atom stereocenters. The average Bonchev–Trinajstić information content (AvgIpc) is 2.77. The Hall–Kier alpha value is -0.470. The molecule has 21 heavy (non-hydrogen) atoms. The van der Waals surface area contributed by atoms with Gasteiger partial charge in [0.15, 0.2) is 5.96 Å². The van der Waals surface area contributed by atoms with Crippen molar-refractivity contribution in [2.75, 3.05) is 50.5 Å². The SMILES string of the molecule is CCNC(=NCCCCSC)NCCN1CCCS1(=O)=O. The van der Waals surface area contributed by atoms with Crippen molar-refractivity contribution in [3.63, 3.8) is 0 Å². The second-order valence-electron chi connectivity index (χ2n) is 4.96. The number of aliphatic imine (C=N–C) groups is 1. The molecule has 0 saturated carbocycles. The van der Waals surface area contributed by atoms with Gasteiger partial charge in [0.05, 0.1) is 5.75 Å². The van der Waals surface area contributed by atoms with E-state index in [0.29, 0.717) is 19.6 Å². The highest BCUT2D eigenvalue weighted by Gasteiger charge is 2.27. The molecule has 0 spiro atoms. The molecular weight excluding hydrogens is 308 g/mol. The number of hydrogen-bond acceptors (Lipinski definition) is 4. The van der Waals surface area contributed by atoms with Crippen LogP contribution in [0.5, 0.6) is 0 Å². The van der Waals surface area contributed by atoms with Gasteiger partial charge < -0.3 is 10.6 Å². The number of thioether (sulfide) groups is 1. The Bertz CT molecular complexity index is 412. The average molecular weight is 337 g/mol. The first-order valence-electron chi connectivity index (χ1n) is 7.59. The van der Waals surface area contributed by atoms with Crippen molar-refractivity contribution in [1.82, 2.24) is 14.9 Å². The Morgan fingerprint density at radius 3 is 2.76 bits per heavy atom. The Morgan fingerprint density at radius 1 is 1.33 bits per heavy atom. The summed E-state index contributed by atoms with van der Waals surface area (Å²) in [6, 6.07) is 0. The van der Waals surface area contributed by atoms with Gasteiger partial charge in [-0.2, -0.15) is 11.8 Å². The van der Waals surface area contributed by atoms with E-state index in [1.165, 1.54) is 12.2 Å². The zero-order valence-electron chi connectivity index (χ0n) is 13.1. The van der Waals surface area contributed by atoms with E-state index in [9.17, 15) is 8.42 Å². The van der Waals surface area contributed by atoms with Crippen LogP contribution >= 0.6 is 11.8 Å². The van der Waals surface area contributed by atoms with Crippen molar-refractivity contribution in [2.24, 2.45) is 4.99 Å². The summed E-state index contributed by atoms with van der Waals surface area (Å²) >= 11 is 1.86. The van der Waals surface area contributed by atoms with Crippen LogP contribution in [0.15, 0.2) is 4.99 Å². The smallest absolute Gasteiger partial charge is 0.214 e. The molecule has 0 bridgehead atoms. The molecule has 0 aromatic rings. The van der Waals surface area contributed by atoms with Crippen LogP contribution in [0.3, 0.4) is 0 Å². The third kappa shape index (κ3) is 7.37. The summed E-state index contributed by atoms with van der Waals surface area (Å²) in [7, 11) is -2.99. The van der Waals surface area contributed by atoms with E-state index in [-0.39, 0.29) is 5.75 Å². The van der Waals surface area contributed by atoms with Crippen molar-refractivity contribution in [2.45, 2.75) is 26.2 Å². The molecule has 124 valence electrons. The van der Waals surface area contributed by atoms with Gasteiger partial charge in [-0.3, -0.25) is 4.99 Å².